The summed E-state index contributed by atoms with van der Waals surface area (Å²) >= 11 is 0. The van der Waals surface area contributed by atoms with E-state index in [4.69, 9.17) is 5.73 Å². The zero-order chi connectivity index (χ0) is 6.62. The predicted molar refractivity (Wildman–Crippen MR) is 34.9 cm³/mol. The summed E-state index contributed by atoms with van der Waals surface area (Å²) in [4.78, 5) is 0. The molecule has 5 N–H and O–H groups in total. The first kappa shape index (κ1) is 11.6. The van der Waals surface area contributed by atoms with Gasteiger partial charge < -0.3 is 11.9 Å². The van der Waals surface area contributed by atoms with Gasteiger partial charge in [0.05, 0.1) is 12.9 Å². The van der Waals surface area contributed by atoms with Crippen LogP contribution in [-0.4, -0.2) is 27.8 Å². The molecule has 0 fully saturated rings. The summed E-state index contributed by atoms with van der Waals surface area (Å²) in [6.07, 6.45) is 0. The van der Waals surface area contributed by atoms with Crippen LogP contribution in [0.2, 0.25) is 0 Å². The molecule has 0 aromatic carbocycles. The van der Waals surface area contributed by atoms with Crippen molar-refractivity contribution in [3.63, 3.8) is 0 Å². The van der Waals surface area contributed by atoms with Crippen molar-refractivity contribution in [1.29, 1.82) is 0 Å². The van der Waals surface area contributed by atoms with Gasteiger partial charge in [0.15, 0.2) is 0 Å². The molecule has 0 rings (SSSR count). The van der Waals surface area contributed by atoms with Crippen LogP contribution in [0, 0.1) is 0 Å². The molecule has 0 spiro atoms. The summed E-state index contributed by atoms with van der Waals surface area (Å²) in [5, 5.41) is 0. The zero-order valence-corrected chi connectivity index (χ0v) is 6.15. The molecule has 0 saturated carbocycles. The van der Waals surface area contributed by atoms with Crippen LogP contribution in [0.15, 0.2) is 0 Å². The standard InChI is InChI=1S/C3H9NO3S.H3N/c1-7-8(5,6)3-2-4;/h2-4H2,1H3;1H3. The summed E-state index contributed by atoms with van der Waals surface area (Å²) in [5.41, 5.74) is 4.93. The Labute approximate surface area is 54.9 Å². The van der Waals surface area contributed by atoms with Gasteiger partial charge in [0.25, 0.3) is 10.1 Å². The van der Waals surface area contributed by atoms with Crippen LogP contribution < -0.4 is 11.9 Å². The second-order valence-electron chi connectivity index (χ2n) is 1.22. The lowest BCUT2D eigenvalue weighted by molar-refractivity contribution is 0.398. The van der Waals surface area contributed by atoms with Crippen molar-refractivity contribution >= 4 is 10.1 Å². The van der Waals surface area contributed by atoms with Crippen LogP contribution in [0.1, 0.15) is 0 Å². The number of hydrogen-bond acceptors (Lipinski definition) is 5. The smallest absolute Gasteiger partial charge is 0.268 e. The van der Waals surface area contributed by atoms with E-state index in [9.17, 15) is 8.42 Å². The minimum absolute atomic E-state index is 0. The molecule has 0 bridgehead atoms. The molecule has 0 heterocycles. The van der Waals surface area contributed by atoms with Gasteiger partial charge in [-0.25, -0.2) is 0 Å². The van der Waals surface area contributed by atoms with E-state index < -0.39 is 10.1 Å². The first-order valence-electron chi connectivity index (χ1n) is 2.11. The van der Waals surface area contributed by atoms with Gasteiger partial charge in [-0.1, -0.05) is 0 Å². The molecule has 9 heavy (non-hydrogen) atoms. The molecule has 0 aromatic rings. The van der Waals surface area contributed by atoms with Crippen LogP contribution >= 0.6 is 0 Å². The van der Waals surface area contributed by atoms with Crippen molar-refractivity contribution in [3.8, 4) is 0 Å². The molecule has 0 aromatic heterocycles. The SMILES string of the molecule is COS(=O)(=O)CCN.N. The van der Waals surface area contributed by atoms with Crippen molar-refractivity contribution in [3.05, 3.63) is 0 Å². The van der Waals surface area contributed by atoms with Gasteiger partial charge in [-0.2, -0.15) is 8.42 Å². The van der Waals surface area contributed by atoms with Crippen LogP contribution in [0.25, 0.3) is 0 Å². The largest absolute Gasteiger partial charge is 0.344 e. The third-order valence-electron chi connectivity index (χ3n) is 0.622. The zero-order valence-electron chi connectivity index (χ0n) is 5.33. The molecular formula is C3H12N2O3S. The molecule has 0 aliphatic carbocycles. The highest BCUT2D eigenvalue weighted by molar-refractivity contribution is 7.86. The van der Waals surface area contributed by atoms with E-state index in [1.54, 1.807) is 0 Å². The highest BCUT2D eigenvalue weighted by atomic mass is 32.2. The average molecular weight is 156 g/mol. The van der Waals surface area contributed by atoms with E-state index in [1.165, 1.54) is 0 Å². The van der Waals surface area contributed by atoms with Crippen molar-refractivity contribution in [2.24, 2.45) is 5.73 Å². The molecule has 0 aliphatic heterocycles. The summed E-state index contributed by atoms with van der Waals surface area (Å²) in [5.74, 6) is -0.108. The predicted octanol–water partition coefficient (Wildman–Crippen LogP) is -0.917. The fraction of sp³-hybridized carbons (Fsp3) is 1.00. The Balaban J connectivity index is 0. The van der Waals surface area contributed by atoms with Crippen molar-refractivity contribution < 1.29 is 12.6 Å². The van der Waals surface area contributed by atoms with Crippen LogP contribution in [-0.2, 0) is 14.3 Å². The number of hydrogen-bond donors (Lipinski definition) is 2. The second-order valence-corrected chi connectivity index (χ2v) is 3.07. The summed E-state index contributed by atoms with van der Waals surface area (Å²) < 4.78 is 24.7. The summed E-state index contributed by atoms with van der Waals surface area (Å²) in [6, 6.07) is 0. The van der Waals surface area contributed by atoms with Gasteiger partial charge in [-0.05, 0) is 0 Å². The highest BCUT2D eigenvalue weighted by Gasteiger charge is 2.03. The molecular weight excluding hydrogens is 144 g/mol. The van der Waals surface area contributed by atoms with Gasteiger partial charge in [0, 0.05) is 6.54 Å². The molecule has 58 valence electrons. The normalized spacial score (nSPS) is 10.4. The lowest BCUT2D eigenvalue weighted by atomic mass is 10.8. The maximum absolute atomic E-state index is 10.3. The maximum atomic E-state index is 10.3. The molecule has 0 unspecified atom stereocenters. The minimum atomic E-state index is -3.29. The fourth-order valence-corrected chi connectivity index (χ4v) is 0.683. The molecule has 0 radical (unpaired) electrons. The van der Waals surface area contributed by atoms with Gasteiger partial charge in [-0.15, -0.1) is 0 Å². The Morgan fingerprint density at radius 1 is 1.56 bits per heavy atom. The van der Waals surface area contributed by atoms with Gasteiger partial charge >= 0.3 is 0 Å². The molecule has 0 aliphatic rings. The number of nitrogens with two attached hydrogens (primary N) is 1. The van der Waals surface area contributed by atoms with E-state index in [-0.39, 0.29) is 18.4 Å². The minimum Gasteiger partial charge on any atom is -0.344 e. The molecule has 5 nitrogen and oxygen atoms in total. The van der Waals surface area contributed by atoms with Crippen LogP contribution in [0.3, 0.4) is 0 Å². The van der Waals surface area contributed by atoms with Crippen LogP contribution in [0.4, 0.5) is 0 Å². The molecule has 0 atom stereocenters. The Morgan fingerprint density at radius 2 is 2.00 bits per heavy atom. The first-order valence-corrected chi connectivity index (χ1v) is 3.68. The lowest BCUT2D eigenvalue weighted by Gasteiger charge is -1.94. The number of rotatable bonds is 3. The van der Waals surface area contributed by atoms with E-state index in [0.717, 1.165) is 7.11 Å². The van der Waals surface area contributed by atoms with Crippen molar-refractivity contribution in [2.45, 2.75) is 0 Å². The molecule has 0 amide bonds. The molecule has 6 heteroatoms. The quantitative estimate of drug-likeness (QED) is 0.514. The monoisotopic (exact) mass is 156 g/mol. The Kier molecular flexibility index (Phi) is 6.04. The Bertz CT molecular complexity index is 141. The lowest BCUT2D eigenvalue weighted by Crippen LogP contribution is -2.16. The van der Waals surface area contributed by atoms with Gasteiger partial charge in [0.1, 0.15) is 0 Å². The third kappa shape index (κ3) is 5.71. The topological polar surface area (TPSA) is 104 Å². The maximum Gasteiger partial charge on any atom is 0.268 e. The van der Waals surface area contributed by atoms with Crippen molar-refractivity contribution in [1.82, 2.24) is 6.15 Å². The summed E-state index contributed by atoms with van der Waals surface area (Å²) in [7, 11) is -2.18. The molecule has 0 saturated heterocycles. The Hall–Kier alpha value is -0.170. The Morgan fingerprint density at radius 3 is 2.11 bits per heavy atom. The summed E-state index contributed by atoms with van der Waals surface area (Å²) in [6.45, 7) is 0.107. The third-order valence-corrected chi connectivity index (χ3v) is 1.87. The van der Waals surface area contributed by atoms with E-state index in [2.05, 4.69) is 4.18 Å². The van der Waals surface area contributed by atoms with Crippen molar-refractivity contribution in [2.75, 3.05) is 19.4 Å². The van der Waals surface area contributed by atoms with Gasteiger partial charge in [-0.3, -0.25) is 4.18 Å². The van der Waals surface area contributed by atoms with E-state index in [0.29, 0.717) is 0 Å². The second kappa shape index (κ2) is 4.68. The van der Waals surface area contributed by atoms with Crippen LogP contribution in [0.5, 0.6) is 0 Å². The first-order chi connectivity index (χ1) is 3.62. The van der Waals surface area contributed by atoms with E-state index in [1.807, 2.05) is 0 Å². The fourth-order valence-electron chi connectivity index (χ4n) is 0.228. The average Bonchev–Trinajstić information content (AvgIpc) is 1.67. The highest BCUT2D eigenvalue weighted by Crippen LogP contribution is 1.85. The van der Waals surface area contributed by atoms with Gasteiger partial charge in [0.2, 0.25) is 0 Å². The van der Waals surface area contributed by atoms with E-state index >= 15 is 0 Å².